The number of amides is 1. The molecule has 2 aromatic rings. The fourth-order valence-corrected chi connectivity index (χ4v) is 4.99. The molecule has 0 saturated heterocycles. The average Bonchev–Trinajstić information content (AvgIpc) is 2.90. The van der Waals surface area contributed by atoms with Gasteiger partial charge < -0.3 is 14.7 Å². The van der Waals surface area contributed by atoms with Crippen molar-refractivity contribution < 1.29 is 14.6 Å². The molecule has 1 amide bonds. The maximum atomic E-state index is 13.6. The van der Waals surface area contributed by atoms with E-state index < -0.39 is 0 Å². The van der Waals surface area contributed by atoms with Gasteiger partial charge in [-0.1, -0.05) is 38.0 Å². The molecule has 0 radical (unpaired) electrons. The van der Waals surface area contributed by atoms with Crippen molar-refractivity contribution in [2.24, 2.45) is 11.8 Å². The number of nitrogens with zero attached hydrogens (tertiary/aromatic N) is 4. The Kier molecular flexibility index (Phi) is 8.95. The summed E-state index contributed by atoms with van der Waals surface area (Å²) in [5.41, 5.74) is 2.32. The van der Waals surface area contributed by atoms with Crippen LogP contribution < -0.4 is 4.74 Å². The fourth-order valence-electron chi connectivity index (χ4n) is 4.99. The average molecular weight is 491 g/mol. The topological polar surface area (TPSA) is 78.8 Å². The minimum atomic E-state index is -0.307. The summed E-state index contributed by atoms with van der Waals surface area (Å²) in [5.74, 6) is 7.28. The number of aromatic nitrogens is 2. The summed E-state index contributed by atoms with van der Waals surface area (Å²) >= 11 is 0. The maximum absolute atomic E-state index is 13.6. The van der Waals surface area contributed by atoms with Gasteiger partial charge in [-0.05, 0) is 50.6 Å². The molecule has 7 heteroatoms. The van der Waals surface area contributed by atoms with Gasteiger partial charge in [-0.3, -0.25) is 14.7 Å². The smallest absolute Gasteiger partial charge is 0.259 e. The molecule has 3 atom stereocenters. The summed E-state index contributed by atoms with van der Waals surface area (Å²) in [6, 6.07) is 5.52. The van der Waals surface area contributed by atoms with Crippen LogP contribution in [0, 0.1) is 23.7 Å². The van der Waals surface area contributed by atoms with E-state index in [2.05, 4.69) is 40.7 Å². The quantitative estimate of drug-likeness (QED) is 0.622. The minimum absolute atomic E-state index is 0.0450. The van der Waals surface area contributed by atoms with Gasteiger partial charge in [-0.2, -0.15) is 0 Å². The van der Waals surface area contributed by atoms with Crippen molar-refractivity contribution in [3.8, 4) is 17.7 Å². The first-order chi connectivity index (χ1) is 17.4. The molecule has 3 heterocycles. The van der Waals surface area contributed by atoms with Crippen LogP contribution in [0.5, 0.6) is 5.88 Å². The molecular formula is C29H38N4O3. The molecule has 1 N–H and O–H groups in total. The Morgan fingerprint density at radius 2 is 2.00 bits per heavy atom. The molecular weight excluding hydrogens is 452 g/mol. The van der Waals surface area contributed by atoms with E-state index in [0.29, 0.717) is 30.5 Å². The lowest BCUT2D eigenvalue weighted by Gasteiger charge is -2.37. The van der Waals surface area contributed by atoms with Crippen LogP contribution in [-0.4, -0.2) is 69.7 Å². The molecule has 4 rings (SSSR count). The highest BCUT2D eigenvalue weighted by Crippen LogP contribution is 2.28. The SMILES string of the molecule is C[C@H](CO)N1C[C@H](C)[C@H](CN(C)Cc2ccncc2)Oc2ncc(C#CC3CCCCC3)cc2C1=O. The predicted octanol–water partition coefficient (Wildman–Crippen LogP) is 3.76. The Labute approximate surface area is 214 Å². The number of hydrogen-bond donors (Lipinski definition) is 1. The second-order valence-electron chi connectivity index (χ2n) is 10.4. The van der Waals surface area contributed by atoms with E-state index in [9.17, 15) is 9.90 Å². The Bertz CT molecular complexity index is 1070. The van der Waals surface area contributed by atoms with Crippen LogP contribution in [0.4, 0.5) is 0 Å². The van der Waals surface area contributed by atoms with Crippen molar-refractivity contribution in [3.63, 3.8) is 0 Å². The highest BCUT2D eigenvalue weighted by Gasteiger charge is 2.34. The molecule has 1 aliphatic heterocycles. The van der Waals surface area contributed by atoms with Crippen LogP contribution in [0.2, 0.25) is 0 Å². The zero-order valence-electron chi connectivity index (χ0n) is 21.7. The number of aliphatic hydroxyl groups is 1. The molecule has 2 aromatic heterocycles. The van der Waals surface area contributed by atoms with E-state index in [1.54, 1.807) is 23.5 Å². The number of likely N-dealkylation sites (N-methyl/N-ethyl adjacent to an activating group) is 1. The predicted molar refractivity (Wildman–Crippen MR) is 139 cm³/mol. The van der Waals surface area contributed by atoms with E-state index >= 15 is 0 Å². The van der Waals surface area contributed by atoms with Crippen LogP contribution in [0.25, 0.3) is 0 Å². The second-order valence-corrected chi connectivity index (χ2v) is 10.4. The van der Waals surface area contributed by atoms with Crippen LogP contribution in [-0.2, 0) is 6.54 Å². The summed E-state index contributed by atoms with van der Waals surface area (Å²) in [4.78, 5) is 26.2. The number of carbonyl (C=O) groups is 1. The molecule has 0 unspecified atom stereocenters. The molecule has 2 aliphatic rings. The Morgan fingerprint density at radius 3 is 2.72 bits per heavy atom. The summed E-state index contributed by atoms with van der Waals surface area (Å²) in [5, 5.41) is 9.88. The normalized spacial score (nSPS) is 21.6. The first-order valence-corrected chi connectivity index (χ1v) is 13.1. The van der Waals surface area contributed by atoms with Gasteiger partial charge in [-0.15, -0.1) is 0 Å². The number of fused-ring (bicyclic) bond motifs is 1. The molecule has 1 saturated carbocycles. The lowest BCUT2D eigenvalue weighted by atomic mass is 9.90. The van der Waals surface area contributed by atoms with Crippen LogP contribution in [0.15, 0.2) is 36.8 Å². The number of hydrogen-bond acceptors (Lipinski definition) is 6. The second kappa shape index (κ2) is 12.3. The fraction of sp³-hybridized carbons (Fsp3) is 0.552. The van der Waals surface area contributed by atoms with Crippen LogP contribution in [0.1, 0.15) is 67.4 Å². The van der Waals surface area contributed by atoms with Gasteiger partial charge in [0.1, 0.15) is 11.7 Å². The molecule has 192 valence electrons. The number of ether oxygens (including phenoxy) is 1. The van der Waals surface area contributed by atoms with Crippen molar-refractivity contribution in [2.45, 2.75) is 64.6 Å². The molecule has 0 aromatic carbocycles. The zero-order chi connectivity index (χ0) is 25.5. The van der Waals surface area contributed by atoms with Gasteiger partial charge in [0.2, 0.25) is 5.88 Å². The van der Waals surface area contributed by atoms with Gasteiger partial charge in [0.15, 0.2) is 0 Å². The number of aliphatic hydroxyl groups excluding tert-OH is 1. The van der Waals surface area contributed by atoms with E-state index in [1.807, 2.05) is 25.1 Å². The van der Waals surface area contributed by atoms with Crippen LogP contribution in [0.3, 0.4) is 0 Å². The standard InChI is InChI=1S/C29H38N4O3/c1-21-17-33(22(2)20-34)29(35)26-15-25(10-9-23-7-5-4-6-8-23)16-31-28(26)36-27(21)19-32(3)18-24-11-13-30-14-12-24/h11-16,21-23,27,34H,4-8,17-20H2,1-3H3/t21-,22+,27-/m0/s1. The number of pyridine rings is 2. The van der Waals surface area contributed by atoms with Gasteiger partial charge in [0, 0.05) is 55.6 Å². The molecule has 0 bridgehead atoms. The van der Waals surface area contributed by atoms with Gasteiger partial charge in [0.25, 0.3) is 5.91 Å². The Hall–Kier alpha value is -2.95. The largest absolute Gasteiger partial charge is 0.472 e. The number of rotatable bonds is 6. The van der Waals surface area contributed by atoms with E-state index in [4.69, 9.17) is 4.74 Å². The Morgan fingerprint density at radius 1 is 1.25 bits per heavy atom. The van der Waals surface area contributed by atoms with Crippen molar-refractivity contribution in [1.82, 2.24) is 19.8 Å². The Balaban J connectivity index is 1.59. The third-order valence-electron chi connectivity index (χ3n) is 7.24. The van der Waals surface area contributed by atoms with E-state index in [0.717, 1.165) is 24.9 Å². The highest BCUT2D eigenvalue weighted by atomic mass is 16.5. The van der Waals surface area contributed by atoms with Crippen molar-refractivity contribution in [1.29, 1.82) is 0 Å². The first-order valence-electron chi connectivity index (χ1n) is 13.1. The monoisotopic (exact) mass is 490 g/mol. The van der Waals surface area contributed by atoms with Gasteiger partial charge in [-0.25, -0.2) is 4.98 Å². The van der Waals surface area contributed by atoms with Crippen molar-refractivity contribution in [3.05, 3.63) is 53.5 Å². The summed E-state index contributed by atoms with van der Waals surface area (Å²) in [7, 11) is 2.06. The van der Waals surface area contributed by atoms with Crippen LogP contribution >= 0.6 is 0 Å². The molecule has 1 aliphatic carbocycles. The molecule has 0 spiro atoms. The van der Waals surface area contributed by atoms with Gasteiger partial charge >= 0.3 is 0 Å². The summed E-state index contributed by atoms with van der Waals surface area (Å²) in [6.07, 6.45) is 11.2. The minimum Gasteiger partial charge on any atom is -0.472 e. The van der Waals surface area contributed by atoms with Gasteiger partial charge in [0.05, 0.1) is 12.6 Å². The molecule has 36 heavy (non-hydrogen) atoms. The summed E-state index contributed by atoms with van der Waals surface area (Å²) < 4.78 is 6.42. The lowest BCUT2D eigenvalue weighted by molar-refractivity contribution is 0.0325. The zero-order valence-corrected chi connectivity index (χ0v) is 21.7. The third kappa shape index (κ3) is 6.63. The first kappa shape index (κ1) is 26.1. The lowest BCUT2D eigenvalue weighted by Crippen LogP contribution is -2.49. The van der Waals surface area contributed by atoms with E-state index in [1.165, 1.54) is 24.8 Å². The maximum Gasteiger partial charge on any atom is 0.259 e. The van der Waals surface area contributed by atoms with Crippen molar-refractivity contribution >= 4 is 5.91 Å². The van der Waals surface area contributed by atoms with E-state index in [-0.39, 0.29) is 30.6 Å². The molecule has 1 fully saturated rings. The van der Waals surface area contributed by atoms with Crippen molar-refractivity contribution in [2.75, 3.05) is 26.7 Å². The third-order valence-corrected chi connectivity index (χ3v) is 7.24. The number of carbonyl (C=O) groups excluding carboxylic acids is 1. The summed E-state index contributed by atoms with van der Waals surface area (Å²) in [6.45, 7) is 5.79. The molecule has 7 nitrogen and oxygen atoms in total. The highest BCUT2D eigenvalue weighted by molar-refractivity contribution is 5.97.